The third-order valence-electron chi connectivity index (χ3n) is 1.61. The maximum atomic E-state index is 11.0. The summed E-state index contributed by atoms with van der Waals surface area (Å²) >= 11 is 11.6. The van der Waals surface area contributed by atoms with Gasteiger partial charge in [0, 0.05) is 16.5 Å². The average molecular weight is 215 g/mol. The summed E-state index contributed by atoms with van der Waals surface area (Å²) in [6.45, 7) is 3.39. The Morgan fingerprint density at radius 3 is 2.69 bits per heavy atom. The van der Waals surface area contributed by atoms with Crippen molar-refractivity contribution >= 4 is 29.0 Å². The topological polar surface area (TPSA) is 17.1 Å². The number of rotatable bonds is 3. The van der Waals surface area contributed by atoms with E-state index in [1.165, 1.54) is 6.08 Å². The van der Waals surface area contributed by atoms with E-state index in [1.807, 2.05) is 0 Å². The van der Waals surface area contributed by atoms with Crippen LogP contribution in [-0.4, -0.2) is 5.78 Å². The fourth-order valence-electron chi connectivity index (χ4n) is 0.925. The number of benzene rings is 1. The van der Waals surface area contributed by atoms with E-state index in [2.05, 4.69) is 6.58 Å². The zero-order chi connectivity index (χ0) is 9.84. The van der Waals surface area contributed by atoms with Gasteiger partial charge >= 0.3 is 0 Å². The minimum atomic E-state index is -0.0516. The van der Waals surface area contributed by atoms with Crippen molar-refractivity contribution < 1.29 is 4.79 Å². The molecule has 0 aliphatic heterocycles. The monoisotopic (exact) mass is 214 g/mol. The molecule has 1 aromatic rings. The molecule has 0 fully saturated rings. The van der Waals surface area contributed by atoms with Crippen LogP contribution in [0, 0.1) is 0 Å². The summed E-state index contributed by atoms with van der Waals surface area (Å²) < 4.78 is 0. The lowest BCUT2D eigenvalue weighted by Gasteiger charge is -2.01. The van der Waals surface area contributed by atoms with Crippen LogP contribution < -0.4 is 0 Å². The number of ketones is 1. The first-order valence-corrected chi connectivity index (χ1v) is 4.48. The average Bonchev–Trinajstić information content (AvgIpc) is 2.09. The second-order valence-corrected chi connectivity index (χ2v) is 3.43. The first-order chi connectivity index (χ1) is 6.13. The molecule has 0 aliphatic carbocycles. The summed E-state index contributed by atoms with van der Waals surface area (Å²) in [4.78, 5) is 11.0. The zero-order valence-corrected chi connectivity index (χ0v) is 8.40. The van der Waals surface area contributed by atoms with Gasteiger partial charge in [-0.1, -0.05) is 35.8 Å². The van der Waals surface area contributed by atoms with Crippen LogP contribution >= 0.6 is 23.2 Å². The lowest BCUT2D eigenvalue weighted by molar-refractivity contribution is -0.114. The van der Waals surface area contributed by atoms with Gasteiger partial charge in [-0.25, -0.2) is 0 Å². The van der Waals surface area contributed by atoms with E-state index in [9.17, 15) is 4.79 Å². The van der Waals surface area contributed by atoms with Gasteiger partial charge in [0.1, 0.15) is 0 Å². The Labute approximate surface area is 87.0 Å². The molecule has 0 amide bonds. The molecule has 0 N–H and O–H groups in total. The summed E-state index contributed by atoms with van der Waals surface area (Å²) in [7, 11) is 0. The molecule has 0 saturated heterocycles. The molecule has 0 heterocycles. The molecular formula is C10H8Cl2O. The molecule has 68 valence electrons. The van der Waals surface area contributed by atoms with E-state index in [1.54, 1.807) is 18.2 Å². The molecule has 1 rings (SSSR count). The molecule has 3 heteroatoms. The second-order valence-electron chi connectivity index (χ2n) is 2.58. The lowest BCUT2D eigenvalue weighted by atomic mass is 10.1. The molecule has 0 radical (unpaired) electrons. The Kier molecular flexibility index (Phi) is 3.52. The fourth-order valence-corrected chi connectivity index (χ4v) is 1.40. The highest BCUT2D eigenvalue weighted by Crippen LogP contribution is 2.21. The number of halogens is 2. The zero-order valence-electron chi connectivity index (χ0n) is 6.89. The highest BCUT2D eigenvalue weighted by atomic mass is 35.5. The first kappa shape index (κ1) is 10.3. The first-order valence-electron chi connectivity index (χ1n) is 3.72. The van der Waals surface area contributed by atoms with E-state index < -0.39 is 0 Å². The Morgan fingerprint density at radius 2 is 2.15 bits per heavy atom. The van der Waals surface area contributed by atoms with Crippen molar-refractivity contribution in [3.63, 3.8) is 0 Å². The lowest BCUT2D eigenvalue weighted by Crippen LogP contribution is -1.98. The van der Waals surface area contributed by atoms with E-state index in [4.69, 9.17) is 23.2 Å². The minimum absolute atomic E-state index is 0.0516. The maximum Gasteiger partial charge on any atom is 0.159 e. The van der Waals surface area contributed by atoms with Crippen LogP contribution in [0.25, 0.3) is 0 Å². The second kappa shape index (κ2) is 4.45. The van der Waals surface area contributed by atoms with E-state index in [0.29, 0.717) is 10.0 Å². The molecule has 0 atom stereocenters. The number of hydrogen-bond acceptors (Lipinski definition) is 1. The number of hydrogen-bond donors (Lipinski definition) is 0. The summed E-state index contributed by atoms with van der Waals surface area (Å²) in [6, 6.07) is 5.07. The Morgan fingerprint density at radius 1 is 1.46 bits per heavy atom. The van der Waals surface area contributed by atoms with Crippen LogP contribution in [0.5, 0.6) is 0 Å². The molecule has 1 aromatic carbocycles. The van der Waals surface area contributed by atoms with Crippen LogP contribution in [0.3, 0.4) is 0 Å². The van der Waals surface area contributed by atoms with Gasteiger partial charge in [0.15, 0.2) is 5.78 Å². The molecule has 0 aromatic heterocycles. The number of allylic oxidation sites excluding steroid dienone is 1. The summed E-state index contributed by atoms with van der Waals surface area (Å²) in [5.41, 5.74) is 0.774. The number of carbonyl (C=O) groups excluding carboxylic acids is 1. The van der Waals surface area contributed by atoms with Gasteiger partial charge < -0.3 is 0 Å². The largest absolute Gasteiger partial charge is 0.295 e. The predicted molar refractivity (Wildman–Crippen MR) is 55.4 cm³/mol. The van der Waals surface area contributed by atoms with Gasteiger partial charge in [0.25, 0.3) is 0 Å². The van der Waals surface area contributed by atoms with Gasteiger partial charge in [0.2, 0.25) is 0 Å². The fraction of sp³-hybridized carbons (Fsp3) is 0.100. The van der Waals surface area contributed by atoms with E-state index in [-0.39, 0.29) is 12.2 Å². The third kappa shape index (κ3) is 2.87. The van der Waals surface area contributed by atoms with Crippen molar-refractivity contribution in [1.29, 1.82) is 0 Å². The normalized spacial score (nSPS) is 9.69. The molecule has 0 saturated carbocycles. The van der Waals surface area contributed by atoms with Crippen LogP contribution in [-0.2, 0) is 11.2 Å². The van der Waals surface area contributed by atoms with Crippen LogP contribution in [0.1, 0.15) is 5.56 Å². The van der Waals surface area contributed by atoms with Gasteiger partial charge in [-0.05, 0) is 23.8 Å². The predicted octanol–water partition coefficient (Wildman–Crippen LogP) is 3.29. The standard InChI is InChI=1S/C10H8Cl2O/c1-2-9(13)5-7-3-4-8(11)6-10(7)12/h2-4,6H,1,5H2. The molecule has 13 heavy (non-hydrogen) atoms. The van der Waals surface area contributed by atoms with Crippen molar-refractivity contribution in [3.8, 4) is 0 Å². The smallest absolute Gasteiger partial charge is 0.159 e. The summed E-state index contributed by atoms with van der Waals surface area (Å²) in [6.07, 6.45) is 1.56. The van der Waals surface area contributed by atoms with Crippen LogP contribution in [0.15, 0.2) is 30.9 Å². The Bertz CT molecular complexity index is 345. The molecule has 0 bridgehead atoms. The van der Waals surface area contributed by atoms with Crippen molar-refractivity contribution in [3.05, 3.63) is 46.5 Å². The molecule has 0 aliphatic rings. The van der Waals surface area contributed by atoms with Crippen molar-refractivity contribution in [2.24, 2.45) is 0 Å². The van der Waals surface area contributed by atoms with Crippen molar-refractivity contribution in [1.82, 2.24) is 0 Å². The SMILES string of the molecule is C=CC(=O)Cc1ccc(Cl)cc1Cl. The Hall–Kier alpha value is -0.790. The van der Waals surface area contributed by atoms with E-state index >= 15 is 0 Å². The molecule has 0 unspecified atom stereocenters. The molecule has 1 nitrogen and oxygen atoms in total. The van der Waals surface area contributed by atoms with Gasteiger partial charge in [-0.3, -0.25) is 4.79 Å². The van der Waals surface area contributed by atoms with Gasteiger partial charge in [-0.2, -0.15) is 0 Å². The highest BCUT2D eigenvalue weighted by molar-refractivity contribution is 6.35. The maximum absolute atomic E-state index is 11.0. The minimum Gasteiger partial charge on any atom is -0.295 e. The third-order valence-corrected chi connectivity index (χ3v) is 2.19. The van der Waals surface area contributed by atoms with Crippen molar-refractivity contribution in [2.75, 3.05) is 0 Å². The number of carbonyl (C=O) groups is 1. The summed E-state index contributed by atoms with van der Waals surface area (Å²) in [5.74, 6) is -0.0516. The highest BCUT2D eigenvalue weighted by Gasteiger charge is 2.04. The molecule has 0 spiro atoms. The van der Waals surface area contributed by atoms with Crippen LogP contribution in [0.4, 0.5) is 0 Å². The van der Waals surface area contributed by atoms with E-state index in [0.717, 1.165) is 5.56 Å². The van der Waals surface area contributed by atoms with Crippen molar-refractivity contribution in [2.45, 2.75) is 6.42 Å². The van der Waals surface area contributed by atoms with Gasteiger partial charge in [-0.15, -0.1) is 0 Å². The Balaban J connectivity index is 2.89. The van der Waals surface area contributed by atoms with Gasteiger partial charge in [0.05, 0.1) is 0 Å². The van der Waals surface area contributed by atoms with Crippen LogP contribution in [0.2, 0.25) is 10.0 Å². The molecular weight excluding hydrogens is 207 g/mol. The summed E-state index contributed by atoms with van der Waals surface area (Å²) in [5, 5.41) is 1.09. The quantitative estimate of drug-likeness (QED) is 0.707.